The lowest BCUT2D eigenvalue weighted by molar-refractivity contribution is 0.185. The summed E-state index contributed by atoms with van der Waals surface area (Å²) in [5, 5.41) is 6.56. The lowest BCUT2D eigenvalue weighted by Crippen LogP contribution is -2.07. The summed E-state index contributed by atoms with van der Waals surface area (Å²) in [5.41, 5.74) is 3.02. The predicted molar refractivity (Wildman–Crippen MR) is 86.0 cm³/mol. The summed E-state index contributed by atoms with van der Waals surface area (Å²) in [5.74, 6) is 1.44. The van der Waals surface area contributed by atoms with Crippen molar-refractivity contribution in [2.75, 3.05) is 24.3 Å². The molecule has 112 valence electrons. The van der Waals surface area contributed by atoms with Gasteiger partial charge in [0.15, 0.2) is 0 Å². The highest BCUT2D eigenvalue weighted by Crippen LogP contribution is 2.21. The molecule has 1 aromatic carbocycles. The van der Waals surface area contributed by atoms with Crippen LogP contribution in [0.4, 0.5) is 17.5 Å². The molecule has 21 heavy (non-hydrogen) atoms. The van der Waals surface area contributed by atoms with Gasteiger partial charge >= 0.3 is 0 Å². The molecule has 5 nitrogen and oxygen atoms in total. The summed E-state index contributed by atoms with van der Waals surface area (Å²) in [6.07, 6.45) is 1.04. The molecule has 0 radical (unpaired) electrons. The Kier molecular flexibility index (Phi) is 5.51. The molecule has 0 atom stereocenters. The normalized spacial score (nSPS) is 10.4. The van der Waals surface area contributed by atoms with Crippen LogP contribution in [0.25, 0.3) is 0 Å². The molecule has 1 aromatic heterocycles. The Morgan fingerprint density at radius 3 is 2.76 bits per heavy atom. The van der Waals surface area contributed by atoms with Gasteiger partial charge < -0.3 is 15.4 Å². The molecular formula is C16H22N4O. The lowest BCUT2D eigenvalue weighted by Gasteiger charge is -2.12. The van der Waals surface area contributed by atoms with Crippen molar-refractivity contribution in [2.45, 2.75) is 26.9 Å². The first kappa shape index (κ1) is 15.3. The number of methoxy groups -OCH3 is 1. The van der Waals surface area contributed by atoms with Gasteiger partial charge in [-0.1, -0.05) is 25.1 Å². The number of aryl methyl sites for hydroxylation is 1. The summed E-state index contributed by atoms with van der Waals surface area (Å²) < 4.78 is 5.22. The Hall–Kier alpha value is -2.14. The SMILES string of the molecule is CCCNc1nc(C)cc(Nc2ccccc2COC)n1. The zero-order valence-electron chi connectivity index (χ0n) is 12.8. The van der Waals surface area contributed by atoms with Crippen molar-refractivity contribution < 1.29 is 4.74 Å². The fraction of sp³-hybridized carbons (Fsp3) is 0.375. The summed E-state index contributed by atoms with van der Waals surface area (Å²) in [7, 11) is 1.69. The van der Waals surface area contributed by atoms with E-state index in [-0.39, 0.29) is 0 Å². The lowest BCUT2D eigenvalue weighted by atomic mass is 10.2. The van der Waals surface area contributed by atoms with Crippen LogP contribution in [-0.2, 0) is 11.3 Å². The molecule has 0 saturated carbocycles. The molecule has 0 aliphatic carbocycles. The standard InChI is InChI=1S/C16H22N4O/c1-4-9-17-16-18-12(2)10-15(20-16)19-14-8-6-5-7-13(14)11-21-3/h5-8,10H,4,9,11H2,1-3H3,(H2,17,18,19,20). The minimum atomic E-state index is 0.564. The maximum absolute atomic E-state index is 5.22. The van der Waals surface area contributed by atoms with E-state index in [1.807, 2.05) is 37.3 Å². The maximum atomic E-state index is 5.22. The largest absolute Gasteiger partial charge is 0.380 e. The van der Waals surface area contributed by atoms with Crippen LogP contribution < -0.4 is 10.6 Å². The predicted octanol–water partition coefficient (Wildman–Crippen LogP) is 3.50. The average Bonchev–Trinajstić information content (AvgIpc) is 2.47. The summed E-state index contributed by atoms with van der Waals surface area (Å²) in [4.78, 5) is 8.88. The third kappa shape index (κ3) is 4.43. The molecule has 2 rings (SSSR count). The van der Waals surface area contributed by atoms with Crippen LogP contribution in [0.5, 0.6) is 0 Å². The van der Waals surface area contributed by atoms with Crippen molar-refractivity contribution in [1.29, 1.82) is 0 Å². The zero-order valence-corrected chi connectivity index (χ0v) is 12.8. The van der Waals surface area contributed by atoms with E-state index in [9.17, 15) is 0 Å². The monoisotopic (exact) mass is 286 g/mol. The van der Waals surface area contributed by atoms with E-state index in [1.54, 1.807) is 7.11 Å². The molecule has 2 aromatic rings. The zero-order chi connectivity index (χ0) is 15.1. The number of hydrogen-bond donors (Lipinski definition) is 2. The van der Waals surface area contributed by atoms with E-state index >= 15 is 0 Å². The molecule has 0 aliphatic rings. The molecule has 0 amide bonds. The third-order valence-corrected chi connectivity index (χ3v) is 2.97. The van der Waals surface area contributed by atoms with Gasteiger partial charge in [-0.25, -0.2) is 4.98 Å². The number of anilines is 3. The molecule has 0 unspecified atom stereocenters. The minimum absolute atomic E-state index is 0.564. The molecule has 0 bridgehead atoms. The number of rotatable bonds is 7. The highest BCUT2D eigenvalue weighted by Gasteiger charge is 2.05. The van der Waals surface area contributed by atoms with Gasteiger partial charge in [0, 0.05) is 36.7 Å². The maximum Gasteiger partial charge on any atom is 0.224 e. The highest BCUT2D eigenvalue weighted by molar-refractivity contribution is 5.61. The van der Waals surface area contributed by atoms with Gasteiger partial charge in [0.2, 0.25) is 5.95 Å². The second-order valence-electron chi connectivity index (χ2n) is 4.86. The van der Waals surface area contributed by atoms with Gasteiger partial charge in [-0.2, -0.15) is 4.98 Å². The number of hydrogen-bond acceptors (Lipinski definition) is 5. The number of para-hydroxylation sites is 1. The summed E-state index contributed by atoms with van der Waals surface area (Å²) in [6.45, 7) is 5.51. The van der Waals surface area contributed by atoms with Crippen LogP contribution in [0.2, 0.25) is 0 Å². The Morgan fingerprint density at radius 2 is 2.00 bits per heavy atom. The fourth-order valence-corrected chi connectivity index (χ4v) is 2.01. The van der Waals surface area contributed by atoms with Crippen molar-refractivity contribution in [3.05, 3.63) is 41.6 Å². The van der Waals surface area contributed by atoms with Gasteiger partial charge in [-0.15, -0.1) is 0 Å². The average molecular weight is 286 g/mol. The Labute approximate surface area is 125 Å². The smallest absolute Gasteiger partial charge is 0.224 e. The van der Waals surface area contributed by atoms with Gasteiger partial charge in [0.25, 0.3) is 0 Å². The van der Waals surface area contributed by atoms with Gasteiger partial charge in [-0.3, -0.25) is 0 Å². The van der Waals surface area contributed by atoms with Crippen LogP contribution >= 0.6 is 0 Å². The van der Waals surface area contributed by atoms with Crippen molar-refractivity contribution >= 4 is 17.5 Å². The topological polar surface area (TPSA) is 59.1 Å². The second-order valence-corrected chi connectivity index (χ2v) is 4.86. The number of nitrogens with one attached hydrogen (secondary N) is 2. The van der Waals surface area contributed by atoms with Crippen molar-refractivity contribution in [1.82, 2.24) is 9.97 Å². The van der Waals surface area contributed by atoms with Crippen LogP contribution in [-0.4, -0.2) is 23.6 Å². The van der Waals surface area contributed by atoms with Crippen molar-refractivity contribution in [3.63, 3.8) is 0 Å². The Bertz CT molecular complexity index is 586. The van der Waals surface area contributed by atoms with E-state index in [4.69, 9.17) is 4.74 Å². The van der Waals surface area contributed by atoms with Gasteiger partial charge in [0.05, 0.1) is 6.61 Å². The number of nitrogens with zero attached hydrogens (tertiary/aromatic N) is 2. The third-order valence-electron chi connectivity index (χ3n) is 2.97. The minimum Gasteiger partial charge on any atom is -0.380 e. The first-order valence-electron chi connectivity index (χ1n) is 7.16. The molecular weight excluding hydrogens is 264 g/mol. The first-order chi connectivity index (χ1) is 10.2. The van der Waals surface area contributed by atoms with Crippen LogP contribution in [0.3, 0.4) is 0 Å². The molecule has 1 heterocycles. The number of aromatic nitrogens is 2. The molecule has 5 heteroatoms. The van der Waals surface area contributed by atoms with Crippen molar-refractivity contribution in [3.8, 4) is 0 Å². The second kappa shape index (κ2) is 7.59. The quantitative estimate of drug-likeness (QED) is 0.816. The van der Waals surface area contributed by atoms with Gasteiger partial charge in [0.1, 0.15) is 5.82 Å². The molecule has 0 aliphatic heterocycles. The Balaban J connectivity index is 2.21. The van der Waals surface area contributed by atoms with Gasteiger partial charge in [-0.05, 0) is 19.4 Å². The van der Waals surface area contributed by atoms with Crippen molar-refractivity contribution in [2.24, 2.45) is 0 Å². The van der Waals surface area contributed by atoms with E-state index in [0.29, 0.717) is 12.6 Å². The van der Waals surface area contributed by atoms with E-state index < -0.39 is 0 Å². The van der Waals surface area contributed by atoms with E-state index in [0.717, 1.165) is 35.7 Å². The first-order valence-corrected chi connectivity index (χ1v) is 7.16. The molecule has 0 saturated heterocycles. The van der Waals surface area contributed by atoms with Crippen LogP contribution in [0.1, 0.15) is 24.6 Å². The van der Waals surface area contributed by atoms with Crippen LogP contribution in [0.15, 0.2) is 30.3 Å². The van der Waals surface area contributed by atoms with Crippen LogP contribution in [0, 0.1) is 6.92 Å². The van der Waals surface area contributed by atoms with E-state index in [1.165, 1.54) is 0 Å². The molecule has 2 N–H and O–H groups in total. The fourth-order valence-electron chi connectivity index (χ4n) is 2.01. The Morgan fingerprint density at radius 1 is 1.19 bits per heavy atom. The molecule has 0 fully saturated rings. The summed E-state index contributed by atoms with van der Waals surface area (Å²) in [6, 6.07) is 9.98. The highest BCUT2D eigenvalue weighted by atomic mass is 16.5. The number of ether oxygens (including phenoxy) is 1. The number of benzene rings is 1. The van der Waals surface area contributed by atoms with E-state index in [2.05, 4.69) is 27.5 Å². The summed E-state index contributed by atoms with van der Waals surface area (Å²) >= 11 is 0. The molecule has 0 spiro atoms.